The standard InChI is InChI=1S/C15H15NO/c1-15(2)10-17-14-8-11(5-6-13(14)15)12-4-3-7-16-9-12/h3-9H,10H2,1-2H3. The van der Waals surface area contributed by atoms with Gasteiger partial charge >= 0.3 is 0 Å². The minimum absolute atomic E-state index is 0.128. The van der Waals surface area contributed by atoms with Gasteiger partial charge in [-0.1, -0.05) is 32.0 Å². The molecule has 0 bridgehead atoms. The van der Waals surface area contributed by atoms with Crippen LogP contribution in [0, 0.1) is 0 Å². The Balaban J connectivity index is 2.07. The van der Waals surface area contributed by atoms with Crippen LogP contribution in [0.4, 0.5) is 0 Å². The molecule has 86 valence electrons. The summed E-state index contributed by atoms with van der Waals surface area (Å²) in [6, 6.07) is 10.4. The topological polar surface area (TPSA) is 22.1 Å². The predicted molar refractivity (Wildman–Crippen MR) is 68.2 cm³/mol. The van der Waals surface area contributed by atoms with Crippen LogP contribution in [0.25, 0.3) is 11.1 Å². The minimum Gasteiger partial charge on any atom is -0.492 e. The lowest BCUT2D eigenvalue weighted by Crippen LogP contribution is -2.18. The maximum atomic E-state index is 5.76. The van der Waals surface area contributed by atoms with E-state index in [2.05, 4.69) is 43.1 Å². The fraction of sp³-hybridized carbons (Fsp3) is 0.267. The number of pyridine rings is 1. The van der Waals surface area contributed by atoms with E-state index in [1.807, 2.05) is 12.3 Å². The Bertz CT molecular complexity index is 546. The highest BCUT2D eigenvalue weighted by atomic mass is 16.5. The highest BCUT2D eigenvalue weighted by Gasteiger charge is 2.31. The Morgan fingerprint density at radius 3 is 2.82 bits per heavy atom. The fourth-order valence-corrected chi connectivity index (χ4v) is 2.25. The maximum absolute atomic E-state index is 5.76. The average Bonchev–Trinajstić information content (AvgIpc) is 2.66. The van der Waals surface area contributed by atoms with Crippen LogP contribution >= 0.6 is 0 Å². The van der Waals surface area contributed by atoms with Crippen molar-refractivity contribution in [1.82, 2.24) is 4.98 Å². The molecule has 2 aromatic rings. The van der Waals surface area contributed by atoms with Gasteiger partial charge in [-0.3, -0.25) is 4.98 Å². The third-order valence-corrected chi connectivity index (χ3v) is 3.29. The molecular formula is C15H15NO. The van der Waals surface area contributed by atoms with Crippen LogP contribution in [-0.4, -0.2) is 11.6 Å². The zero-order chi connectivity index (χ0) is 11.9. The maximum Gasteiger partial charge on any atom is 0.123 e. The molecule has 0 spiro atoms. The van der Waals surface area contributed by atoms with Gasteiger partial charge in [0.1, 0.15) is 5.75 Å². The molecule has 0 saturated carbocycles. The summed E-state index contributed by atoms with van der Waals surface area (Å²) in [4.78, 5) is 4.14. The lowest BCUT2D eigenvalue weighted by molar-refractivity contribution is 0.291. The summed E-state index contributed by atoms with van der Waals surface area (Å²) in [5.41, 5.74) is 3.71. The summed E-state index contributed by atoms with van der Waals surface area (Å²) >= 11 is 0. The van der Waals surface area contributed by atoms with E-state index in [4.69, 9.17) is 4.74 Å². The Labute approximate surface area is 101 Å². The smallest absolute Gasteiger partial charge is 0.123 e. The molecule has 1 aromatic carbocycles. The van der Waals surface area contributed by atoms with Crippen molar-refractivity contribution < 1.29 is 4.74 Å². The van der Waals surface area contributed by atoms with Gasteiger partial charge in [0.2, 0.25) is 0 Å². The number of fused-ring (bicyclic) bond motifs is 1. The summed E-state index contributed by atoms with van der Waals surface area (Å²) in [5.74, 6) is 1.01. The first-order chi connectivity index (χ1) is 8.17. The summed E-state index contributed by atoms with van der Waals surface area (Å²) in [7, 11) is 0. The van der Waals surface area contributed by atoms with Crippen molar-refractivity contribution in [2.45, 2.75) is 19.3 Å². The molecule has 0 fully saturated rings. The number of aromatic nitrogens is 1. The second-order valence-electron chi connectivity index (χ2n) is 5.13. The second kappa shape index (κ2) is 3.59. The zero-order valence-corrected chi connectivity index (χ0v) is 10.1. The second-order valence-corrected chi connectivity index (χ2v) is 5.13. The largest absolute Gasteiger partial charge is 0.492 e. The van der Waals surface area contributed by atoms with Gasteiger partial charge in [-0.2, -0.15) is 0 Å². The van der Waals surface area contributed by atoms with E-state index in [0.717, 1.165) is 23.5 Å². The highest BCUT2D eigenvalue weighted by molar-refractivity contribution is 5.66. The van der Waals surface area contributed by atoms with E-state index in [-0.39, 0.29) is 5.41 Å². The van der Waals surface area contributed by atoms with Crippen LogP contribution in [-0.2, 0) is 5.41 Å². The molecule has 2 nitrogen and oxygen atoms in total. The molecule has 2 heterocycles. The third kappa shape index (κ3) is 1.70. The summed E-state index contributed by atoms with van der Waals surface area (Å²) in [6.45, 7) is 5.18. The predicted octanol–water partition coefficient (Wildman–Crippen LogP) is 3.42. The van der Waals surface area contributed by atoms with Gasteiger partial charge in [-0.05, 0) is 17.7 Å². The number of rotatable bonds is 1. The van der Waals surface area contributed by atoms with Crippen LogP contribution in [0.15, 0.2) is 42.7 Å². The Morgan fingerprint density at radius 1 is 1.18 bits per heavy atom. The first kappa shape index (κ1) is 10.3. The first-order valence-electron chi connectivity index (χ1n) is 5.84. The van der Waals surface area contributed by atoms with E-state index < -0.39 is 0 Å². The molecule has 0 amide bonds. The molecule has 1 aliphatic rings. The Hall–Kier alpha value is -1.83. The van der Waals surface area contributed by atoms with Gasteiger partial charge < -0.3 is 4.74 Å². The van der Waals surface area contributed by atoms with Gasteiger partial charge in [-0.15, -0.1) is 0 Å². The van der Waals surface area contributed by atoms with E-state index in [0.29, 0.717) is 0 Å². The molecule has 0 radical (unpaired) electrons. The zero-order valence-electron chi connectivity index (χ0n) is 10.1. The summed E-state index contributed by atoms with van der Waals surface area (Å²) < 4.78 is 5.76. The average molecular weight is 225 g/mol. The van der Waals surface area contributed by atoms with E-state index in [9.17, 15) is 0 Å². The molecule has 1 aromatic heterocycles. The number of ether oxygens (including phenoxy) is 1. The molecule has 0 atom stereocenters. The lowest BCUT2D eigenvalue weighted by Gasteiger charge is -2.14. The van der Waals surface area contributed by atoms with Gasteiger partial charge in [0.15, 0.2) is 0 Å². The Morgan fingerprint density at radius 2 is 2.06 bits per heavy atom. The quantitative estimate of drug-likeness (QED) is 0.742. The van der Waals surface area contributed by atoms with E-state index in [1.54, 1.807) is 6.20 Å². The Kier molecular flexibility index (Phi) is 2.18. The molecule has 0 N–H and O–H groups in total. The van der Waals surface area contributed by atoms with Crippen molar-refractivity contribution in [3.63, 3.8) is 0 Å². The van der Waals surface area contributed by atoms with Gasteiger partial charge in [0.25, 0.3) is 0 Å². The van der Waals surface area contributed by atoms with Crippen LogP contribution in [0.2, 0.25) is 0 Å². The van der Waals surface area contributed by atoms with Crippen molar-refractivity contribution in [1.29, 1.82) is 0 Å². The molecule has 0 saturated heterocycles. The lowest BCUT2D eigenvalue weighted by atomic mass is 9.86. The first-order valence-corrected chi connectivity index (χ1v) is 5.84. The van der Waals surface area contributed by atoms with Gasteiger partial charge in [0, 0.05) is 28.9 Å². The van der Waals surface area contributed by atoms with Crippen molar-refractivity contribution >= 4 is 0 Å². The van der Waals surface area contributed by atoms with Crippen molar-refractivity contribution in [2.75, 3.05) is 6.61 Å². The van der Waals surface area contributed by atoms with E-state index in [1.165, 1.54) is 5.56 Å². The van der Waals surface area contributed by atoms with Gasteiger partial charge in [0.05, 0.1) is 6.61 Å². The normalized spacial score (nSPS) is 16.4. The van der Waals surface area contributed by atoms with Crippen molar-refractivity contribution in [3.05, 3.63) is 48.3 Å². The molecule has 1 aliphatic heterocycles. The summed E-state index contributed by atoms with van der Waals surface area (Å²) in [5, 5.41) is 0. The fourth-order valence-electron chi connectivity index (χ4n) is 2.25. The van der Waals surface area contributed by atoms with Gasteiger partial charge in [-0.25, -0.2) is 0 Å². The number of nitrogens with zero attached hydrogens (tertiary/aromatic N) is 1. The van der Waals surface area contributed by atoms with Crippen LogP contribution in [0.1, 0.15) is 19.4 Å². The molecule has 17 heavy (non-hydrogen) atoms. The van der Waals surface area contributed by atoms with Crippen molar-refractivity contribution in [3.8, 4) is 16.9 Å². The number of hydrogen-bond donors (Lipinski definition) is 0. The van der Waals surface area contributed by atoms with Crippen molar-refractivity contribution in [2.24, 2.45) is 0 Å². The molecular weight excluding hydrogens is 210 g/mol. The number of benzene rings is 1. The van der Waals surface area contributed by atoms with Crippen LogP contribution < -0.4 is 4.74 Å². The van der Waals surface area contributed by atoms with Crippen LogP contribution in [0.3, 0.4) is 0 Å². The molecule has 0 unspecified atom stereocenters. The molecule has 3 rings (SSSR count). The third-order valence-electron chi connectivity index (χ3n) is 3.29. The minimum atomic E-state index is 0.128. The molecule has 0 aliphatic carbocycles. The monoisotopic (exact) mass is 225 g/mol. The molecule has 2 heteroatoms. The summed E-state index contributed by atoms with van der Waals surface area (Å²) in [6.07, 6.45) is 3.66. The highest BCUT2D eigenvalue weighted by Crippen LogP contribution is 2.40. The number of hydrogen-bond acceptors (Lipinski definition) is 2. The van der Waals surface area contributed by atoms with E-state index >= 15 is 0 Å². The van der Waals surface area contributed by atoms with Crippen LogP contribution in [0.5, 0.6) is 5.75 Å². The SMILES string of the molecule is CC1(C)COc2cc(-c3cccnc3)ccc21.